The van der Waals surface area contributed by atoms with Crippen molar-refractivity contribution in [3.05, 3.63) is 36.0 Å². The number of aryl methyl sites for hydroxylation is 1. The monoisotopic (exact) mass is 371 g/mol. The maximum Gasteiger partial charge on any atom is 0.213 e. The summed E-state index contributed by atoms with van der Waals surface area (Å²) >= 11 is 0. The van der Waals surface area contributed by atoms with Crippen LogP contribution in [0.2, 0.25) is 0 Å². The molecule has 0 bridgehead atoms. The molecule has 0 unspecified atom stereocenters. The number of guanidine groups is 1. The first-order valence-electron chi connectivity index (χ1n) is 9.75. The van der Waals surface area contributed by atoms with Gasteiger partial charge in [0.15, 0.2) is 5.96 Å². The molecular formula is C19H29N7O. The van der Waals surface area contributed by atoms with E-state index in [4.69, 9.17) is 4.74 Å². The van der Waals surface area contributed by atoms with Crippen LogP contribution in [0.4, 0.5) is 0 Å². The van der Waals surface area contributed by atoms with Crippen molar-refractivity contribution in [1.82, 2.24) is 30.4 Å². The second-order valence-electron chi connectivity index (χ2n) is 6.67. The first kappa shape index (κ1) is 19.1. The predicted molar refractivity (Wildman–Crippen MR) is 105 cm³/mol. The molecule has 0 aromatic carbocycles. The summed E-state index contributed by atoms with van der Waals surface area (Å²) in [5.41, 5.74) is 1.08. The second-order valence-corrected chi connectivity index (χ2v) is 6.67. The van der Waals surface area contributed by atoms with Crippen molar-refractivity contribution in [2.24, 2.45) is 10.9 Å². The van der Waals surface area contributed by atoms with Gasteiger partial charge in [0.1, 0.15) is 12.2 Å². The summed E-state index contributed by atoms with van der Waals surface area (Å²) < 4.78 is 7.81. The fraction of sp³-hybridized carbons (Fsp3) is 0.579. The van der Waals surface area contributed by atoms with Crippen LogP contribution in [0.25, 0.3) is 0 Å². The summed E-state index contributed by atoms with van der Waals surface area (Å²) in [6.45, 7) is 7.85. The Labute approximate surface area is 160 Å². The number of nitrogens with one attached hydrogen (secondary N) is 2. The minimum atomic E-state index is 0.574. The van der Waals surface area contributed by atoms with Gasteiger partial charge in [-0.3, -0.25) is 0 Å². The number of rotatable bonds is 10. The van der Waals surface area contributed by atoms with Gasteiger partial charge in [0, 0.05) is 38.3 Å². The van der Waals surface area contributed by atoms with Crippen molar-refractivity contribution in [1.29, 1.82) is 0 Å². The topological polar surface area (TPSA) is 89.3 Å². The number of hydrogen-bond acceptors (Lipinski definition) is 5. The molecule has 0 saturated heterocycles. The van der Waals surface area contributed by atoms with Crippen molar-refractivity contribution in [3.63, 3.8) is 0 Å². The molecule has 2 N–H and O–H groups in total. The highest BCUT2D eigenvalue weighted by molar-refractivity contribution is 5.79. The lowest BCUT2D eigenvalue weighted by Gasteiger charge is -2.12. The zero-order valence-electron chi connectivity index (χ0n) is 16.2. The van der Waals surface area contributed by atoms with E-state index < -0.39 is 0 Å². The molecule has 2 heterocycles. The molecule has 1 fully saturated rings. The Hall–Kier alpha value is -2.64. The van der Waals surface area contributed by atoms with Gasteiger partial charge in [0.25, 0.3) is 0 Å². The molecule has 0 spiro atoms. The molecule has 146 valence electrons. The molecule has 3 rings (SSSR count). The van der Waals surface area contributed by atoms with Gasteiger partial charge in [0.2, 0.25) is 5.88 Å². The Bertz CT molecular complexity index is 739. The maximum atomic E-state index is 5.75. The number of aliphatic imine (C=N–C) groups is 1. The minimum Gasteiger partial charge on any atom is -0.477 e. The second kappa shape index (κ2) is 9.89. The Morgan fingerprint density at radius 3 is 3.00 bits per heavy atom. The van der Waals surface area contributed by atoms with Gasteiger partial charge in [-0.1, -0.05) is 6.92 Å². The van der Waals surface area contributed by atoms with Crippen LogP contribution in [0.3, 0.4) is 0 Å². The van der Waals surface area contributed by atoms with E-state index in [1.807, 2.05) is 12.1 Å². The summed E-state index contributed by atoms with van der Waals surface area (Å²) in [5.74, 6) is 3.19. The third-order valence-corrected chi connectivity index (χ3v) is 4.38. The number of nitrogens with zero attached hydrogens (tertiary/aromatic N) is 5. The van der Waals surface area contributed by atoms with Crippen molar-refractivity contribution < 1.29 is 4.74 Å². The lowest BCUT2D eigenvalue weighted by Crippen LogP contribution is -2.38. The van der Waals surface area contributed by atoms with Crippen LogP contribution < -0.4 is 15.4 Å². The van der Waals surface area contributed by atoms with Crippen LogP contribution in [0, 0.1) is 5.92 Å². The van der Waals surface area contributed by atoms with Crippen molar-refractivity contribution in [2.75, 3.05) is 19.7 Å². The van der Waals surface area contributed by atoms with E-state index in [9.17, 15) is 0 Å². The standard InChI is InChI=1S/C19H29N7O/c1-3-17-25-24-14-26(17)10-9-22-19(20-4-2)23-12-16-7-8-21-18(11-16)27-13-15-5-6-15/h7-8,11,14-15H,3-6,9-10,12-13H2,1-2H3,(H2,20,22,23). The zero-order valence-corrected chi connectivity index (χ0v) is 16.2. The van der Waals surface area contributed by atoms with Gasteiger partial charge in [0.05, 0.1) is 13.2 Å². The van der Waals surface area contributed by atoms with Gasteiger partial charge in [-0.2, -0.15) is 0 Å². The molecule has 27 heavy (non-hydrogen) atoms. The lowest BCUT2D eigenvalue weighted by molar-refractivity contribution is 0.288. The first-order chi connectivity index (χ1) is 13.3. The summed E-state index contributed by atoms with van der Waals surface area (Å²) in [5, 5.41) is 14.7. The van der Waals surface area contributed by atoms with E-state index in [0.29, 0.717) is 12.4 Å². The fourth-order valence-corrected chi connectivity index (χ4v) is 2.66. The number of hydrogen-bond donors (Lipinski definition) is 2. The maximum absolute atomic E-state index is 5.75. The van der Waals surface area contributed by atoms with E-state index >= 15 is 0 Å². The lowest BCUT2D eigenvalue weighted by atomic mass is 10.3. The Morgan fingerprint density at radius 2 is 2.22 bits per heavy atom. The molecule has 8 nitrogen and oxygen atoms in total. The molecule has 1 aliphatic rings. The number of aromatic nitrogens is 4. The molecule has 2 aromatic rings. The fourth-order valence-electron chi connectivity index (χ4n) is 2.66. The van der Waals surface area contributed by atoms with E-state index in [2.05, 4.69) is 49.2 Å². The smallest absolute Gasteiger partial charge is 0.213 e. The van der Waals surface area contributed by atoms with E-state index in [0.717, 1.165) is 55.9 Å². The average Bonchev–Trinajstić information content (AvgIpc) is 3.41. The van der Waals surface area contributed by atoms with Crippen LogP contribution in [0.1, 0.15) is 38.1 Å². The normalized spacial score (nSPS) is 14.2. The van der Waals surface area contributed by atoms with E-state index in [-0.39, 0.29) is 0 Å². The summed E-state index contributed by atoms with van der Waals surface area (Å²) in [6, 6.07) is 3.95. The Kier molecular flexibility index (Phi) is 7.01. The van der Waals surface area contributed by atoms with Crippen molar-refractivity contribution in [2.45, 2.75) is 46.2 Å². The summed E-state index contributed by atoms with van der Waals surface area (Å²) in [6.07, 6.45) is 6.98. The van der Waals surface area contributed by atoms with Crippen LogP contribution in [-0.2, 0) is 19.5 Å². The molecule has 0 aliphatic heterocycles. The summed E-state index contributed by atoms with van der Waals surface area (Å²) in [4.78, 5) is 8.94. The Morgan fingerprint density at radius 1 is 1.33 bits per heavy atom. The largest absolute Gasteiger partial charge is 0.477 e. The zero-order chi connectivity index (χ0) is 18.9. The van der Waals surface area contributed by atoms with Gasteiger partial charge < -0.3 is 19.9 Å². The van der Waals surface area contributed by atoms with Gasteiger partial charge in [-0.15, -0.1) is 10.2 Å². The van der Waals surface area contributed by atoms with Crippen molar-refractivity contribution >= 4 is 5.96 Å². The highest BCUT2D eigenvalue weighted by atomic mass is 16.5. The van der Waals surface area contributed by atoms with Crippen molar-refractivity contribution in [3.8, 4) is 5.88 Å². The molecule has 2 aromatic heterocycles. The Balaban J connectivity index is 1.51. The molecule has 0 amide bonds. The highest BCUT2D eigenvalue weighted by Gasteiger charge is 2.22. The van der Waals surface area contributed by atoms with Gasteiger partial charge >= 0.3 is 0 Å². The molecule has 8 heteroatoms. The molecule has 1 aliphatic carbocycles. The molecule has 1 saturated carbocycles. The van der Waals surface area contributed by atoms with E-state index in [1.165, 1.54) is 12.8 Å². The van der Waals surface area contributed by atoms with Gasteiger partial charge in [-0.05, 0) is 37.3 Å². The van der Waals surface area contributed by atoms with Crippen LogP contribution in [0.15, 0.2) is 29.6 Å². The van der Waals surface area contributed by atoms with Crippen LogP contribution >= 0.6 is 0 Å². The summed E-state index contributed by atoms with van der Waals surface area (Å²) in [7, 11) is 0. The van der Waals surface area contributed by atoms with E-state index in [1.54, 1.807) is 12.5 Å². The quantitative estimate of drug-likeness (QED) is 0.489. The third kappa shape index (κ3) is 6.23. The highest BCUT2D eigenvalue weighted by Crippen LogP contribution is 2.29. The number of ether oxygens (including phenoxy) is 1. The average molecular weight is 371 g/mol. The molecule has 0 radical (unpaired) electrons. The predicted octanol–water partition coefficient (Wildman–Crippen LogP) is 1.78. The van der Waals surface area contributed by atoms with Crippen LogP contribution in [0.5, 0.6) is 5.88 Å². The SMILES string of the molecule is CCNC(=NCc1ccnc(OCC2CC2)c1)NCCn1cnnc1CC. The third-order valence-electron chi connectivity index (χ3n) is 4.38. The number of pyridine rings is 1. The molecule has 0 atom stereocenters. The van der Waals surface area contributed by atoms with Gasteiger partial charge in [-0.25, -0.2) is 9.98 Å². The van der Waals surface area contributed by atoms with Crippen LogP contribution in [-0.4, -0.2) is 45.4 Å². The molecular weight excluding hydrogens is 342 g/mol. The minimum absolute atomic E-state index is 0.574. The first-order valence-corrected chi connectivity index (χ1v) is 9.75.